The maximum Gasteiger partial charge on any atom is 0.193 e. The van der Waals surface area contributed by atoms with Gasteiger partial charge in [-0.3, -0.25) is 0 Å². The molecule has 0 aromatic rings. The number of hydrogen-bond acceptors (Lipinski definition) is 6. The fourth-order valence-corrected chi connectivity index (χ4v) is 8.89. The molecule has 2 saturated heterocycles. The van der Waals surface area contributed by atoms with Crippen LogP contribution in [0.3, 0.4) is 0 Å². The van der Waals surface area contributed by atoms with E-state index in [1.165, 1.54) is 0 Å². The fourth-order valence-electron chi connectivity index (χ4n) is 4.63. The molecule has 1 unspecified atom stereocenters. The van der Waals surface area contributed by atoms with Gasteiger partial charge in [0.05, 0.1) is 18.3 Å². The van der Waals surface area contributed by atoms with Gasteiger partial charge in [-0.1, -0.05) is 84.9 Å². The molecule has 0 aliphatic carbocycles. The Hall–Kier alpha value is 0.591. The van der Waals surface area contributed by atoms with Crippen molar-refractivity contribution in [3.63, 3.8) is 0 Å². The van der Waals surface area contributed by atoms with Crippen LogP contribution in [0, 0.1) is 0 Å². The van der Waals surface area contributed by atoms with Crippen molar-refractivity contribution in [2.45, 2.75) is 179 Å². The summed E-state index contributed by atoms with van der Waals surface area (Å²) in [6.45, 7) is 34.3. The average Bonchev–Trinajstić information content (AvgIpc) is 2.78. The topological polar surface area (TPSA) is 63.2 Å². The first kappa shape index (κ1) is 37.8. The van der Waals surface area contributed by atoms with Crippen LogP contribution in [-0.2, 0) is 27.5 Å². The molecule has 7 atom stereocenters. The van der Waals surface area contributed by atoms with E-state index in [-0.39, 0.29) is 57.8 Å². The first-order chi connectivity index (χ1) is 18.4. The molecular formula is C31H61IO6Si3. The highest BCUT2D eigenvalue weighted by atomic mass is 127. The molecule has 2 heterocycles. The molecule has 2 aliphatic heterocycles. The van der Waals surface area contributed by atoms with Crippen LogP contribution in [0.15, 0.2) is 10.2 Å². The van der Waals surface area contributed by atoms with Crippen LogP contribution < -0.4 is 0 Å². The number of halogens is 1. The predicted octanol–water partition coefficient (Wildman–Crippen LogP) is 9.01. The molecule has 41 heavy (non-hydrogen) atoms. The van der Waals surface area contributed by atoms with Gasteiger partial charge in [-0.2, -0.15) is 0 Å². The molecule has 2 rings (SSSR count). The van der Waals surface area contributed by atoms with Gasteiger partial charge in [-0.15, -0.1) is 0 Å². The quantitative estimate of drug-likeness (QED) is 0.127. The van der Waals surface area contributed by atoms with Gasteiger partial charge in [-0.05, 0) is 77.4 Å². The van der Waals surface area contributed by atoms with Crippen molar-refractivity contribution >= 4 is 53.8 Å². The van der Waals surface area contributed by atoms with E-state index in [2.05, 4.69) is 134 Å². The van der Waals surface area contributed by atoms with Gasteiger partial charge in [0.25, 0.3) is 0 Å². The summed E-state index contributed by atoms with van der Waals surface area (Å²) in [6.07, 6.45) is 3.25. The van der Waals surface area contributed by atoms with Gasteiger partial charge in [0.2, 0.25) is 0 Å². The Balaban J connectivity index is 2.73. The van der Waals surface area contributed by atoms with E-state index in [0.29, 0.717) is 6.42 Å². The van der Waals surface area contributed by atoms with E-state index in [4.69, 9.17) is 22.8 Å². The second kappa shape index (κ2) is 13.5. The summed E-state index contributed by atoms with van der Waals surface area (Å²) in [7, 11) is -6.69. The van der Waals surface area contributed by atoms with E-state index in [1.54, 1.807) is 0 Å². The zero-order valence-electron chi connectivity index (χ0n) is 28.7. The van der Waals surface area contributed by atoms with Crippen molar-refractivity contribution in [2.24, 2.45) is 0 Å². The lowest BCUT2D eigenvalue weighted by atomic mass is 9.87. The van der Waals surface area contributed by atoms with Gasteiger partial charge >= 0.3 is 0 Å². The third-order valence-corrected chi connectivity index (χ3v) is 24.3. The summed E-state index contributed by atoms with van der Waals surface area (Å²) in [5.41, 5.74) is 0. The van der Waals surface area contributed by atoms with E-state index in [1.807, 2.05) is 0 Å². The molecule has 0 amide bonds. The highest BCUT2D eigenvalue weighted by Crippen LogP contribution is 2.47. The molecule has 2 aliphatic rings. The van der Waals surface area contributed by atoms with Gasteiger partial charge in [0.1, 0.15) is 30.7 Å². The Labute approximate surface area is 268 Å². The normalized spacial score (nSPS) is 29.9. The van der Waals surface area contributed by atoms with Crippen molar-refractivity contribution in [3.05, 3.63) is 10.2 Å². The molecule has 0 N–H and O–H groups in total. The highest BCUT2D eigenvalue weighted by Gasteiger charge is 2.57. The van der Waals surface area contributed by atoms with Crippen molar-refractivity contribution < 1.29 is 27.5 Å². The summed E-state index contributed by atoms with van der Waals surface area (Å²) < 4.78 is 37.6. The summed E-state index contributed by atoms with van der Waals surface area (Å²) in [5.74, 6) is 0. The molecule has 0 radical (unpaired) electrons. The summed E-state index contributed by atoms with van der Waals surface area (Å²) in [4.78, 5) is 11.5. The van der Waals surface area contributed by atoms with Crippen molar-refractivity contribution in [1.29, 1.82) is 0 Å². The Kier molecular flexibility index (Phi) is 12.5. The summed E-state index contributed by atoms with van der Waals surface area (Å²) in [6, 6.07) is 0. The Morgan fingerprint density at radius 2 is 1.27 bits per heavy atom. The molecule has 10 heteroatoms. The number of carbonyl (C=O) groups is 1. The molecule has 2 fully saturated rings. The van der Waals surface area contributed by atoms with Crippen molar-refractivity contribution in [3.8, 4) is 0 Å². The lowest BCUT2D eigenvalue weighted by molar-refractivity contribution is -0.266. The number of ether oxygens (including phenoxy) is 2. The maximum absolute atomic E-state index is 11.5. The number of hydrogen-bond donors (Lipinski definition) is 0. The van der Waals surface area contributed by atoms with Gasteiger partial charge in [0, 0.05) is 6.42 Å². The van der Waals surface area contributed by atoms with Crippen molar-refractivity contribution in [2.75, 3.05) is 0 Å². The van der Waals surface area contributed by atoms with Gasteiger partial charge in [0.15, 0.2) is 25.0 Å². The van der Waals surface area contributed by atoms with Crippen LogP contribution in [0.25, 0.3) is 0 Å². The van der Waals surface area contributed by atoms with Crippen LogP contribution in [0.5, 0.6) is 0 Å². The molecule has 0 aromatic heterocycles. The van der Waals surface area contributed by atoms with Crippen LogP contribution in [0.1, 0.15) is 81.6 Å². The molecule has 0 saturated carbocycles. The Morgan fingerprint density at radius 3 is 1.71 bits per heavy atom. The van der Waals surface area contributed by atoms with E-state index in [0.717, 1.165) is 19.1 Å². The van der Waals surface area contributed by atoms with Crippen LogP contribution in [0.4, 0.5) is 0 Å². The molecule has 240 valence electrons. The van der Waals surface area contributed by atoms with E-state index in [9.17, 15) is 4.79 Å². The van der Waals surface area contributed by atoms with Gasteiger partial charge < -0.3 is 27.5 Å². The minimum Gasteiger partial charge on any atom is -0.408 e. The summed E-state index contributed by atoms with van der Waals surface area (Å²) >= 11 is 2.29. The average molecular weight is 741 g/mol. The molecular weight excluding hydrogens is 679 g/mol. The zero-order valence-corrected chi connectivity index (χ0v) is 33.9. The van der Waals surface area contributed by atoms with Crippen LogP contribution in [-0.4, -0.2) is 74.0 Å². The fraction of sp³-hybridized carbons (Fsp3) is 0.903. The van der Waals surface area contributed by atoms with E-state index < -0.39 is 25.0 Å². The maximum atomic E-state index is 11.5. The predicted molar refractivity (Wildman–Crippen MR) is 187 cm³/mol. The second-order valence-corrected chi connectivity index (χ2v) is 31.7. The lowest BCUT2D eigenvalue weighted by Gasteiger charge is -2.56. The largest absolute Gasteiger partial charge is 0.408 e. The first-order valence-electron chi connectivity index (χ1n) is 15.4. The number of carbonyl (C=O) groups excluding carboxylic acids is 1. The van der Waals surface area contributed by atoms with Crippen molar-refractivity contribution in [1.82, 2.24) is 0 Å². The monoisotopic (exact) mass is 740 g/mol. The number of rotatable bonds is 10. The van der Waals surface area contributed by atoms with Gasteiger partial charge in [-0.25, -0.2) is 0 Å². The standard InChI is InChI=1S/C31H61IO6Si3/c1-29(2,3)39(10,11)36-24(18-20-32)26-28(38-41(14,15)31(7,8)9)27(37-40(12,13)30(4,5)6)25-23(35-26)17-16-22(34-25)19-21-33/h18,20-28H,16-17,19H2,1-15H3/b20-18+/t22-,23+,24+,25+,26?,27+,28-/m1/s1. The molecule has 0 bridgehead atoms. The minimum absolute atomic E-state index is 0.00170. The highest BCUT2D eigenvalue weighted by molar-refractivity contribution is 14.1. The third kappa shape index (κ3) is 9.08. The molecule has 0 aromatic carbocycles. The second-order valence-electron chi connectivity index (χ2n) is 16.7. The van der Waals surface area contributed by atoms with Crippen LogP contribution in [0.2, 0.25) is 54.4 Å². The Morgan fingerprint density at radius 1 is 0.780 bits per heavy atom. The molecule has 6 nitrogen and oxygen atoms in total. The number of fused-ring (bicyclic) bond motifs is 1. The van der Waals surface area contributed by atoms with Crippen LogP contribution >= 0.6 is 22.6 Å². The minimum atomic E-state index is -2.28. The lowest BCUT2D eigenvalue weighted by Crippen LogP contribution is -2.69. The first-order valence-corrected chi connectivity index (χ1v) is 25.4. The number of aldehydes is 1. The SMILES string of the molecule is CC(C)(C)[Si](C)(C)O[C@H]1[C@H]2O[C@@H](CC=O)CC[C@@H]2OC([C@H](/C=C/I)O[Si](C)(C)C(C)(C)C)[C@H]1O[Si](C)(C)C(C)(C)C. The zero-order chi connectivity index (χ0) is 31.8. The van der Waals surface area contributed by atoms with E-state index >= 15 is 0 Å². The Bertz CT molecular complexity index is 903. The summed E-state index contributed by atoms with van der Waals surface area (Å²) in [5, 5.41) is 0.0521. The smallest absolute Gasteiger partial charge is 0.193 e. The molecule has 0 spiro atoms. The third-order valence-electron chi connectivity index (χ3n) is 10.4.